The minimum absolute atomic E-state index is 0.0517. The van der Waals surface area contributed by atoms with Crippen LogP contribution in [0.1, 0.15) is 46.0 Å². The topological polar surface area (TPSA) is 46.6 Å². The summed E-state index contributed by atoms with van der Waals surface area (Å²) in [7, 11) is 0. The average molecular weight is 227 g/mol. The van der Waals surface area contributed by atoms with Crippen LogP contribution in [-0.2, 0) is 14.3 Å². The first kappa shape index (κ1) is 13.0. The molecule has 0 aromatic carbocycles. The maximum absolute atomic E-state index is 11.9. The average Bonchev–Trinajstić information content (AvgIpc) is 2.29. The molecule has 1 amide bonds. The Morgan fingerprint density at radius 2 is 1.88 bits per heavy atom. The fourth-order valence-corrected chi connectivity index (χ4v) is 1.88. The number of hydrogen-bond donors (Lipinski definition) is 0. The summed E-state index contributed by atoms with van der Waals surface area (Å²) in [5.41, 5.74) is 0. The Morgan fingerprint density at radius 3 is 2.44 bits per heavy atom. The van der Waals surface area contributed by atoms with Gasteiger partial charge in [0.2, 0.25) is 0 Å². The fraction of sp³-hybridized carbons (Fsp3) is 0.833. The van der Waals surface area contributed by atoms with E-state index in [1.165, 1.54) is 6.42 Å². The quantitative estimate of drug-likeness (QED) is 0.687. The number of rotatable bonds is 4. The minimum Gasteiger partial charge on any atom is -0.453 e. The van der Waals surface area contributed by atoms with Crippen molar-refractivity contribution in [1.29, 1.82) is 0 Å². The highest BCUT2D eigenvalue weighted by atomic mass is 16.5. The Morgan fingerprint density at radius 1 is 1.25 bits per heavy atom. The molecule has 0 radical (unpaired) electrons. The number of piperidine rings is 1. The van der Waals surface area contributed by atoms with Crippen molar-refractivity contribution in [3.8, 4) is 0 Å². The van der Waals surface area contributed by atoms with Crippen molar-refractivity contribution in [2.24, 2.45) is 0 Å². The summed E-state index contributed by atoms with van der Waals surface area (Å²) in [5.74, 6) is -0.329. The zero-order valence-corrected chi connectivity index (χ0v) is 10.2. The van der Waals surface area contributed by atoms with E-state index in [0.29, 0.717) is 6.42 Å². The Balaban J connectivity index is 2.37. The number of esters is 1. The second-order valence-electron chi connectivity index (χ2n) is 4.27. The summed E-state index contributed by atoms with van der Waals surface area (Å²) in [6.07, 6.45) is 3.81. The van der Waals surface area contributed by atoms with Crippen molar-refractivity contribution in [2.45, 2.75) is 52.1 Å². The van der Waals surface area contributed by atoms with Crippen molar-refractivity contribution in [3.63, 3.8) is 0 Å². The van der Waals surface area contributed by atoms with Gasteiger partial charge in [0.1, 0.15) is 0 Å². The number of carbonyl (C=O) groups is 2. The Kier molecular flexibility index (Phi) is 5.29. The van der Waals surface area contributed by atoms with E-state index in [9.17, 15) is 9.59 Å². The van der Waals surface area contributed by atoms with Gasteiger partial charge in [-0.1, -0.05) is 6.92 Å². The van der Waals surface area contributed by atoms with Crippen LogP contribution < -0.4 is 0 Å². The molecule has 4 heteroatoms. The molecule has 16 heavy (non-hydrogen) atoms. The smallest absolute Gasteiger partial charge is 0.306 e. The molecule has 1 atom stereocenters. The number of hydrogen-bond acceptors (Lipinski definition) is 3. The standard InChI is InChI=1S/C12H21NO3/c1-3-7-11(14)16-10(2)12(15)13-8-5-4-6-9-13/h10H,3-9H2,1-2H3/t10-/m0/s1. The highest BCUT2D eigenvalue weighted by Crippen LogP contribution is 2.11. The SMILES string of the molecule is CCCC(=O)O[C@@H](C)C(=O)N1CCCCC1. The Labute approximate surface area is 96.9 Å². The van der Waals surface area contributed by atoms with Crippen LogP contribution in [0.3, 0.4) is 0 Å². The highest BCUT2D eigenvalue weighted by Gasteiger charge is 2.24. The van der Waals surface area contributed by atoms with Gasteiger partial charge in [-0.2, -0.15) is 0 Å². The molecular weight excluding hydrogens is 206 g/mol. The maximum atomic E-state index is 11.9. The predicted octanol–water partition coefficient (Wildman–Crippen LogP) is 1.73. The van der Waals surface area contributed by atoms with Gasteiger partial charge in [-0.15, -0.1) is 0 Å². The molecule has 1 fully saturated rings. The lowest BCUT2D eigenvalue weighted by Crippen LogP contribution is -2.42. The lowest BCUT2D eigenvalue weighted by atomic mass is 10.1. The molecule has 1 saturated heterocycles. The molecular formula is C12H21NO3. The molecule has 92 valence electrons. The number of nitrogens with zero attached hydrogens (tertiary/aromatic N) is 1. The first-order chi connectivity index (χ1) is 7.65. The van der Waals surface area contributed by atoms with Gasteiger partial charge in [0.15, 0.2) is 6.10 Å². The van der Waals surface area contributed by atoms with Gasteiger partial charge in [-0.25, -0.2) is 0 Å². The number of likely N-dealkylation sites (tertiary alicyclic amines) is 1. The van der Waals surface area contributed by atoms with Gasteiger partial charge in [0.25, 0.3) is 5.91 Å². The van der Waals surface area contributed by atoms with E-state index in [4.69, 9.17) is 4.74 Å². The van der Waals surface area contributed by atoms with Crippen LogP contribution in [0.5, 0.6) is 0 Å². The van der Waals surface area contributed by atoms with E-state index in [2.05, 4.69) is 0 Å². The summed E-state index contributed by atoms with van der Waals surface area (Å²) in [5, 5.41) is 0. The van der Waals surface area contributed by atoms with E-state index in [0.717, 1.165) is 32.4 Å². The second kappa shape index (κ2) is 6.51. The molecule has 0 N–H and O–H groups in total. The van der Waals surface area contributed by atoms with Crippen molar-refractivity contribution in [2.75, 3.05) is 13.1 Å². The van der Waals surface area contributed by atoms with Crippen LogP contribution in [0.2, 0.25) is 0 Å². The minimum atomic E-state index is -0.628. The Hall–Kier alpha value is -1.06. The molecule has 0 aromatic rings. The van der Waals surface area contributed by atoms with Gasteiger partial charge in [0.05, 0.1) is 0 Å². The van der Waals surface area contributed by atoms with Crippen LogP contribution in [0.15, 0.2) is 0 Å². The Bertz CT molecular complexity index is 247. The van der Waals surface area contributed by atoms with Gasteiger partial charge in [-0.3, -0.25) is 9.59 Å². The van der Waals surface area contributed by atoms with Gasteiger partial charge in [0, 0.05) is 19.5 Å². The molecule has 4 nitrogen and oxygen atoms in total. The fourth-order valence-electron chi connectivity index (χ4n) is 1.88. The van der Waals surface area contributed by atoms with E-state index in [1.807, 2.05) is 6.92 Å². The van der Waals surface area contributed by atoms with Crippen molar-refractivity contribution >= 4 is 11.9 Å². The third kappa shape index (κ3) is 3.83. The van der Waals surface area contributed by atoms with Crippen molar-refractivity contribution < 1.29 is 14.3 Å². The number of carbonyl (C=O) groups excluding carboxylic acids is 2. The van der Waals surface area contributed by atoms with Crippen molar-refractivity contribution in [3.05, 3.63) is 0 Å². The second-order valence-corrected chi connectivity index (χ2v) is 4.27. The van der Waals surface area contributed by atoms with Gasteiger partial charge in [-0.05, 0) is 32.6 Å². The van der Waals surface area contributed by atoms with Crippen LogP contribution in [0.25, 0.3) is 0 Å². The zero-order valence-electron chi connectivity index (χ0n) is 10.2. The van der Waals surface area contributed by atoms with E-state index in [-0.39, 0.29) is 11.9 Å². The van der Waals surface area contributed by atoms with Crippen LogP contribution in [-0.4, -0.2) is 36.0 Å². The molecule has 0 saturated carbocycles. The molecule has 1 rings (SSSR count). The lowest BCUT2D eigenvalue weighted by Gasteiger charge is -2.28. The monoisotopic (exact) mass is 227 g/mol. The molecule has 1 aliphatic rings. The molecule has 0 aromatic heterocycles. The van der Waals surface area contributed by atoms with Crippen LogP contribution in [0.4, 0.5) is 0 Å². The molecule has 0 spiro atoms. The third-order valence-corrected chi connectivity index (χ3v) is 2.78. The predicted molar refractivity (Wildman–Crippen MR) is 60.9 cm³/mol. The summed E-state index contributed by atoms with van der Waals surface area (Å²) in [4.78, 5) is 24.9. The maximum Gasteiger partial charge on any atom is 0.306 e. The van der Waals surface area contributed by atoms with Gasteiger partial charge >= 0.3 is 5.97 Å². The van der Waals surface area contributed by atoms with E-state index >= 15 is 0 Å². The normalized spacial score (nSPS) is 18.0. The summed E-state index contributed by atoms with van der Waals surface area (Å²) < 4.78 is 5.08. The van der Waals surface area contributed by atoms with Crippen molar-refractivity contribution in [1.82, 2.24) is 4.90 Å². The van der Waals surface area contributed by atoms with Crippen LogP contribution in [0, 0.1) is 0 Å². The van der Waals surface area contributed by atoms with E-state index in [1.54, 1.807) is 11.8 Å². The lowest BCUT2D eigenvalue weighted by molar-refractivity contribution is -0.159. The third-order valence-electron chi connectivity index (χ3n) is 2.78. The summed E-state index contributed by atoms with van der Waals surface area (Å²) >= 11 is 0. The van der Waals surface area contributed by atoms with E-state index < -0.39 is 6.10 Å². The number of ether oxygens (including phenoxy) is 1. The molecule has 0 unspecified atom stereocenters. The zero-order chi connectivity index (χ0) is 12.0. The molecule has 0 bridgehead atoms. The highest BCUT2D eigenvalue weighted by molar-refractivity contribution is 5.83. The number of amides is 1. The molecule has 1 aliphatic heterocycles. The molecule has 0 aliphatic carbocycles. The van der Waals surface area contributed by atoms with Crippen LogP contribution >= 0.6 is 0 Å². The first-order valence-electron chi connectivity index (χ1n) is 6.13. The summed E-state index contributed by atoms with van der Waals surface area (Å²) in [6, 6.07) is 0. The summed E-state index contributed by atoms with van der Waals surface area (Å²) in [6.45, 7) is 5.17. The first-order valence-corrected chi connectivity index (χ1v) is 6.13. The molecule has 1 heterocycles. The van der Waals surface area contributed by atoms with Gasteiger partial charge < -0.3 is 9.64 Å². The largest absolute Gasteiger partial charge is 0.453 e.